The smallest absolute Gasteiger partial charge is 0.274 e. The number of carbonyl (C=O) groups excluding carboxylic acids is 1. The Balaban J connectivity index is 1.64. The molecule has 0 saturated heterocycles. The van der Waals surface area contributed by atoms with Crippen LogP contribution in [-0.2, 0) is 13.0 Å². The van der Waals surface area contributed by atoms with Crippen LogP contribution in [0.2, 0.25) is 0 Å². The van der Waals surface area contributed by atoms with Crippen molar-refractivity contribution >= 4 is 17.3 Å². The number of hydrogen-bond acceptors (Lipinski definition) is 4. The second-order valence-electron chi connectivity index (χ2n) is 5.64. The molecule has 3 rings (SSSR count). The highest BCUT2D eigenvalue weighted by Crippen LogP contribution is 2.14. The number of amides is 1. The molecule has 0 atom stereocenters. The zero-order valence-electron chi connectivity index (χ0n) is 14.1. The summed E-state index contributed by atoms with van der Waals surface area (Å²) in [5.74, 6) is -0.225. The maximum Gasteiger partial charge on any atom is 0.274 e. The first-order valence-electron chi connectivity index (χ1n) is 8.23. The normalized spacial score (nSPS) is 10.3. The van der Waals surface area contributed by atoms with Crippen LogP contribution in [0.25, 0.3) is 0 Å². The number of hydrogen-bond donors (Lipinski definition) is 2. The maximum absolute atomic E-state index is 12.4. The maximum atomic E-state index is 12.4. The number of anilines is 2. The summed E-state index contributed by atoms with van der Waals surface area (Å²) in [6, 6.07) is 15.3. The van der Waals surface area contributed by atoms with Crippen molar-refractivity contribution in [3.8, 4) is 0 Å². The Labute approximate surface area is 147 Å². The van der Waals surface area contributed by atoms with Gasteiger partial charge in [-0.05, 0) is 53.9 Å². The second-order valence-corrected chi connectivity index (χ2v) is 5.64. The van der Waals surface area contributed by atoms with Gasteiger partial charge >= 0.3 is 0 Å². The van der Waals surface area contributed by atoms with Gasteiger partial charge in [0.05, 0.1) is 0 Å². The molecule has 25 heavy (non-hydrogen) atoms. The summed E-state index contributed by atoms with van der Waals surface area (Å²) in [7, 11) is 0. The van der Waals surface area contributed by atoms with Crippen LogP contribution in [0.5, 0.6) is 0 Å². The molecular weight excluding hydrogens is 312 g/mol. The van der Waals surface area contributed by atoms with E-state index >= 15 is 0 Å². The first kappa shape index (κ1) is 16.6. The van der Waals surface area contributed by atoms with Gasteiger partial charge in [0.1, 0.15) is 5.69 Å². The van der Waals surface area contributed by atoms with Crippen molar-refractivity contribution in [3.63, 3.8) is 0 Å². The molecular formula is C20H20N4O. The molecule has 0 radical (unpaired) electrons. The molecule has 2 heterocycles. The fraction of sp³-hybridized carbons (Fsp3) is 0.150. The first-order chi connectivity index (χ1) is 12.2. The van der Waals surface area contributed by atoms with E-state index < -0.39 is 0 Å². The monoisotopic (exact) mass is 332 g/mol. The lowest BCUT2D eigenvalue weighted by Crippen LogP contribution is -2.14. The lowest BCUT2D eigenvalue weighted by molar-refractivity contribution is 0.102. The number of aryl methyl sites for hydroxylation is 1. The number of nitrogens with zero attached hydrogens (tertiary/aromatic N) is 2. The summed E-state index contributed by atoms with van der Waals surface area (Å²) >= 11 is 0. The molecule has 126 valence electrons. The molecule has 1 aromatic carbocycles. The van der Waals surface area contributed by atoms with Gasteiger partial charge in [0.25, 0.3) is 5.91 Å². The molecule has 0 spiro atoms. The Morgan fingerprint density at radius 2 is 1.68 bits per heavy atom. The van der Waals surface area contributed by atoms with E-state index in [1.807, 2.05) is 42.5 Å². The molecule has 0 aliphatic heterocycles. The molecule has 3 aromatic rings. The van der Waals surface area contributed by atoms with Gasteiger partial charge in [-0.1, -0.05) is 19.1 Å². The molecule has 0 saturated carbocycles. The highest BCUT2D eigenvalue weighted by molar-refractivity contribution is 6.03. The van der Waals surface area contributed by atoms with Crippen molar-refractivity contribution in [3.05, 3.63) is 83.9 Å². The van der Waals surface area contributed by atoms with E-state index in [1.54, 1.807) is 24.7 Å². The largest absolute Gasteiger partial charge is 0.381 e. The molecule has 0 fully saturated rings. The van der Waals surface area contributed by atoms with E-state index in [1.165, 1.54) is 5.56 Å². The second kappa shape index (κ2) is 8.06. The number of carbonyl (C=O) groups is 1. The lowest BCUT2D eigenvalue weighted by atomic mass is 10.1. The van der Waals surface area contributed by atoms with Crippen LogP contribution in [-0.4, -0.2) is 15.9 Å². The minimum atomic E-state index is -0.225. The molecule has 0 bridgehead atoms. The van der Waals surface area contributed by atoms with Crippen LogP contribution in [0.3, 0.4) is 0 Å². The van der Waals surface area contributed by atoms with Crippen LogP contribution < -0.4 is 10.6 Å². The lowest BCUT2D eigenvalue weighted by Gasteiger charge is -2.09. The van der Waals surface area contributed by atoms with Gasteiger partial charge in [0.2, 0.25) is 0 Å². The summed E-state index contributed by atoms with van der Waals surface area (Å²) in [5.41, 5.74) is 4.34. The third kappa shape index (κ3) is 4.64. The van der Waals surface area contributed by atoms with Crippen molar-refractivity contribution in [2.75, 3.05) is 10.6 Å². The molecule has 0 aliphatic carbocycles. The van der Waals surface area contributed by atoms with Gasteiger partial charge in [0, 0.05) is 36.5 Å². The Kier molecular flexibility index (Phi) is 5.36. The molecule has 5 heteroatoms. The SMILES string of the molecule is CCc1ccc(NC(=O)c2cc(NCc3ccncc3)ccn2)cc1. The van der Waals surface area contributed by atoms with Gasteiger partial charge < -0.3 is 10.6 Å². The highest BCUT2D eigenvalue weighted by Gasteiger charge is 2.08. The molecule has 2 aromatic heterocycles. The van der Waals surface area contributed by atoms with E-state index in [2.05, 4.69) is 27.5 Å². The summed E-state index contributed by atoms with van der Waals surface area (Å²) in [6.45, 7) is 2.76. The van der Waals surface area contributed by atoms with Gasteiger partial charge in [-0.25, -0.2) is 0 Å². The predicted octanol–water partition coefficient (Wildman–Crippen LogP) is 3.90. The van der Waals surface area contributed by atoms with E-state index in [-0.39, 0.29) is 5.91 Å². The van der Waals surface area contributed by atoms with Crippen LogP contribution in [0.4, 0.5) is 11.4 Å². The van der Waals surface area contributed by atoms with Crippen molar-refractivity contribution in [2.45, 2.75) is 19.9 Å². The standard InChI is InChI=1S/C20H20N4O/c1-2-15-3-5-17(6-4-15)24-20(25)19-13-18(9-12-22-19)23-14-16-7-10-21-11-8-16/h3-13H,2,14H2,1H3,(H,22,23)(H,24,25). The molecule has 5 nitrogen and oxygen atoms in total. The first-order valence-corrected chi connectivity index (χ1v) is 8.23. The third-order valence-corrected chi connectivity index (χ3v) is 3.86. The van der Waals surface area contributed by atoms with E-state index in [4.69, 9.17) is 0 Å². The van der Waals surface area contributed by atoms with Crippen molar-refractivity contribution in [2.24, 2.45) is 0 Å². The van der Waals surface area contributed by atoms with E-state index in [0.717, 1.165) is 23.4 Å². The summed E-state index contributed by atoms with van der Waals surface area (Å²) < 4.78 is 0. The van der Waals surface area contributed by atoms with Crippen LogP contribution in [0.15, 0.2) is 67.1 Å². The average molecular weight is 332 g/mol. The minimum absolute atomic E-state index is 0.225. The number of aromatic nitrogens is 2. The summed E-state index contributed by atoms with van der Waals surface area (Å²) in [4.78, 5) is 20.5. The quantitative estimate of drug-likeness (QED) is 0.718. The average Bonchev–Trinajstić information content (AvgIpc) is 2.68. The predicted molar refractivity (Wildman–Crippen MR) is 99.6 cm³/mol. The Morgan fingerprint density at radius 3 is 2.40 bits per heavy atom. The highest BCUT2D eigenvalue weighted by atomic mass is 16.1. The van der Waals surface area contributed by atoms with Gasteiger partial charge in [-0.2, -0.15) is 0 Å². The van der Waals surface area contributed by atoms with Gasteiger partial charge in [-0.3, -0.25) is 14.8 Å². The Morgan fingerprint density at radius 1 is 0.920 bits per heavy atom. The minimum Gasteiger partial charge on any atom is -0.381 e. The fourth-order valence-corrected chi connectivity index (χ4v) is 2.39. The van der Waals surface area contributed by atoms with Gasteiger partial charge in [0.15, 0.2) is 0 Å². The molecule has 0 aliphatic rings. The summed E-state index contributed by atoms with van der Waals surface area (Å²) in [6.07, 6.45) is 6.11. The van der Waals surface area contributed by atoms with Crippen molar-refractivity contribution in [1.82, 2.24) is 9.97 Å². The third-order valence-electron chi connectivity index (χ3n) is 3.86. The molecule has 1 amide bonds. The zero-order valence-corrected chi connectivity index (χ0v) is 14.1. The van der Waals surface area contributed by atoms with Crippen molar-refractivity contribution < 1.29 is 4.79 Å². The molecule has 2 N–H and O–H groups in total. The number of benzene rings is 1. The van der Waals surface area contributed by atoms with Crippen molar-refractivity contribution in [1.29, 1.82) is 0 Å². The van der Waals surface area contributed by atoms with Gasteiger partial charge in [-0.15, -0.1) is 0 Å². The topological polar surface area (TPSA) is 66.9 Å². The van der Waals surface area contributed by atoms with Crippen LogP contribution in [0, 0.1) is 0 Å². The number of nitrogens with one attached hydrogen (secondary N) is 2. The Hall–Kier alpha value is -3.21. The molecule has 0 unspecified atom stereocenters. The Bertz CT molecular complexity index is 832. The van der Waals surface area contributed by atoms with E-state index in [9.17, 15) is 4.79 Å². The number of rotatable bonds is 6. The number of pyridine rings is 2. The van der Waals surface area contributed by atoms with E-state index in [0.29, 0.717) is 12.2 Å². The summed E-state index contributed by atoms with van der Waals surface area (Å²) in [5, 5.41) is 6.16. The van der Waals surface area contributed by atoms with Crippen LogP contribution in [0.1, 0.15) is 28.5 Å². The fourth-order valence-electron chi connectivity index (χ4n) is 2.39. The van der Waals surface area contributed by atoms with Crippen LogP contribution >= 0.6 is 0 Å². The zero-order chi connectivity index (χ0) is 17.5.